The summed E-state index contributed by atoms with van der Waals surface area (Å²) in [4.78, 5) is 19.2. The number of carbonyl (C=O) groups excluding carboxylic acids is 1. The Morgan fingerprint density at radius 2 is 2.07 bits per heavy atom. The smallest absolute Gasteiger partial charge is 0.274 e. The number of aryl methyl sites for hydroxylation is 3. The fourth-order valence-electron chi connectivity index (χ4n) is 4.42. The molecular weight excluding hydrogens is 366 g/mol. The van der Waals surface area contributed by atoms with E-state index in [0.717, 1.165) is 46.7 Å². The molecule has 0 spiro atoms. The lowest BCUT2D eigenvalue weighted by Crippen LogP contribution is -2.26. The van der Waals surface area contributed by atoms with Gasteiger partial charge in [0.05, 0.1) is 5.69 Å². The van der Waals surface area contributed by atoms with Crippen molar-refractivity contribution >= 4 is 33.3 Å². The third-order valence-electron chi connectivity index (χ3n) is 6.14. The number of nitrogens with zero attached hydrogens (tertiary/aromatic N) is 2. The molecule has 28 heavy (non-hydrogen) atoms. The highest BCUT2D eigenvalue weighted by Crippen LogP contribution is 2.40. The molecule has 0 saturated heterocycles. The third-order valence-corrected chi connectivity index (χ3v) is 7.18. The van der Waals surface area contributed by atoms with Crippen molar-refractivity contribution in [2.75, 3.05) is 5.32 Å². The molecule has 0 aliphatic heterocycles. The molecule has 3 aromatic rings. The van der Waals surface area contributed by atoms with Crippen LogP contribution in [0.25, 0.3) is 10.9 Å². The van der Waals surface area contributed by atoms with E-state index < -0.39 is 0 Å². The first-order chi connectivity index (χ1) is 13.3. The molecule has 0 radical (unpaired) electrons. The average Bonchev–Trinajstić information content (AvgIpc) is 3.18. The van der Waals surface area contributed by atoms with Gasteiger partial charge in [-0.15, -0.1) is 11.3 Å². The van der Waals surface area contributed by atoms with E-state index in [1.165, 1.54) is 17.0 Å². The highest BCUT2D eigenvalue weighted by atomic mass is 32.1. The second-order valence-electron chi connectivity index (χ2n) is 8.88. The molecule has 148 valence electrons. The largest absolute Gasteiger partial charge is 0.337 e. The number of benzene rings is 1. The number of anilines is 1. The molecule has 0 fully saturated rings. The number of para-hydroxylation sites is 1. The predicted octanol–water partition coefficient (Wildman–Crippen LogP) is 5.83. The summed E-state index contributed by atoms with van der Waals surface area (Å²) in [6.45, 7) is 11.8. The van der Waals surface area contributed by atoms with E-state index in [1.54, 1.807) is 11.3 Å². The molecule has 0 saturated carbocycles. The minimum Gasteiger partial charge on any atom is -0.337 e. The second-order valence-corrected chi connectivity index (χ2v) is 9.97. The number of aromatic nitrogens is 2. The van der Waals surface area contributed by atoms with E-state index in [2.05, 4.69) is 49.7 Å². The van der Waals surface area contributed by atoms with Crippen molar-refractivity contribution in [3.8, 4) is 0 Å². The van der Waals surface area contributed by atoms with Gasteiger partial charge in [-0.3, -0.25) is 10.1 Å². The Morgan fingerprint density at radius 1 is 1.32 bits per heavy atom. The first kappa shape index (κ1) is 19.2. The molecule has 2 heterocycles. The zero-order valence-electron chi connectivity index (χ0n) is 17.4. The number of amides is 1. The van der Waals surface area contributed by atoms with E-state index >= 15 is 0 Å². The van der Waals surface area contributed by atoms with Crippen molar-refractivity contribution in [2.24, 2.45) is 11.3 Å². The van der Waals surface area contributed by atoms with Crippen molar-refractivity contribution in [2.45, 2.75) is 60.4 Å². The lowest BCUT2D eigenvalue weighted by atomic mass is 9.73. The number of nitrogens with one attached hydrogen (secondary N) is 1. The molecule has 1 unspecified atom stereocenters. The lowest BCUT2D eigenvalue weighted by molar-refractivity contribution is 0.101. The molecule has 1 N–H and O–H groups in total. The minimum absolute atomic E-state index is 0.0611. The second kappa shape index (κ2) is 7.03. The summed E-state index contributed by atoms with van der Waals surface area (Å²) in [6, 6.07) is 8.22. The van der Waals surface area contributed by atoms with E-state index in [1.807, 2.05) is 19.1 Å². The minimum atomic E-state index is -0.0611. The number of thiazole rings is 1. The van der Waals surface area contributed by atoms with Crippen LogP contribution in [0.1, 0.15) is 60.7 Å². The Balaban J connectivity index is 1.62. The first-order valence-electron chi connectivity index (χ1n) is 10.2. The summed E-state index contributed by atoms with van der Waals surface area (Å²) < 4.78 is 2.10. The van der Waals surface area contributed by atoms with Gasteiger partial charge < -0.3 is 4.57 Å². The molecule has 5 heteroatoms. The van der Waals surface area contributed by atoms with Crippen LogP contribution in [-0.4, -0.2) is 15.5 Å². The molecule has 0 bridgehead atoms. The normalized spacial score (nSPS) is 17.0. The first-order valence-corrected chi connectivity index (χ1v) is 11.0. The molecule has 1 atom stereocenters. The summed E-state index contributed by atoms with van der Waals surface area (Å²) in [5.74, 6) is 0.614. The van der Waals surface area contributed by atoms with Crippen LogP contribution in [-0.2, 0) is 19.4 Å². The van der Waals surface area contributed by atoms with Crippen molar-refractivity contribution in [1.82, 2.24) is 9.55 Å². The van der Waals surface area contributed by atoms with Crippen LogP contribution in [0.2, 0.25) is 0 Å². The van der Waals surface area contributed by atoms with Crippen molar-refractivity contribution in [3.63, 3.8) is 0 Å². The van der Waals surface area contributed by atoms with Crippen LogP contribution in [0, 0.1) is 18.3 Å². The number of hydrogen-bond donors (Lipinski definition) is 1. The van der Waals surface area contributed by atoms with Crippen molar-refractivity contribution in [3.05, 3.63) is 46.1 Å². The van der Waals surface area contributed by atoms with E-state index in [-0.39, 0.29) is 5.91 Å². The quantitative estimate of drug-likeness (QED) is 0.606. The molecule has 2 aromatic heterocycles. The zero-order chi connectivity index (χ0) is 20.1. The fourth-order valence-corrected chi connectivity index (χ4v) is 5.50. The SMILES string of the molecule is CCn1c(C(=O)Nc2nc3c(s2)CC(C(C)(C)C)CC3)c(C)c2ccccc21. The summed E-state index contributed by atoms with van der Waals surface area (Å²) >= 11 is 1.65. The van der Waals surface area contributed by atoms with Crippen LogP contribution in [0.5, 0.6) is 0 Å². The standard InChI is InChI=1S/C23H29N3OS/c1-6-26-18-10-8-7-9-16(18)14(2)20(26)21(27)25-22-24-17-12-11-15(23(3,4)5)13-19(17)28-22/h7-10,15H,6,11-13H2,1-5H3,(H,24,25,27). The average molecular weight is 396 g/mol. The van der Waals surface area contributed by atoms with Crippen LogP contribution < -0.4 is 5.32 Å². The van der Waals surface area contributed by atoms with Crippen LogP contribution in [0.4, 0.5) is 5.13 Å². The lowest BCUT2D eigenvalue weighted by Gasteiger charge is -2.33. The Morgan fingerprint density at radius 3 is 2.79 bits per heavy atom. The van der Waals surface area contributed by atoms with Gasteiger partial charge >= 0.3 is 0 Å². The molecule has 4 nitrogen and oxygen atoms in total. The van der Waals surface area contributed by atoms with Gasteiger partial charge in [-0.2, -0.15) is 0 Å². The Kier molecular flexibility index (Phi) is 4.82. The van der Waals surface area contributed by atoms with E-state index in [4.69, 9.17) is 4.98 Å². The molecule has 1 aliphatic carbocycles. The fraction of sp³-hybridized carbons (Fsp3) is 0.478. The maximum Gasteiger partial charge on any atom is 0.274 e. The molecular formula is C23H29N3OS. The van der Waals surface area contributed by atoms with Gasteiger partial charge in [0.2, 0.25) is 0 Å². The maximum absolute atomic E-state index is 13.2. The summed E-state index contributed by atoms with van der Waals surface area (Å²) in [7, 11) is 0. The molecule has 1 aromatic carbocycles. The number of carbonyl (C=O) groups is 1. The van der Waals surface area contributed by atoms with Gasteiger partial charge in [0, 0.05) is 22.3 Å². The van der Waals surface area contributed by atoms with Crippen molar-refractivity contribution in [1.29, 1.82) is 0 Å². The van der Waals surface area contributed by atoms with Crippen molar-refractivity contribution < 1.29 is 4.79 Å². The highest BCUT2D eigenvalue weighted by Gasteiger charge is 2.31. The third kappa shape index (κ3) is 3.26. The van der Waals surface area contributed by atoms with Gasteiger partial charge in [0.25, 0.3) is 5.91 Å². The number of fused-ring (bicyclic) bond motifs is 2. The monoisotopic (exact) mass is 395 g/mol. The predicted molar refractivity (Wildman–Crippen MR) is 117 cm³/mol. The zero-order valence-corrected chi connectivity index (χ0v) is 18.2. The molecule has 4 rings (SSSR count). The summed E-state index contributed by atoms with van der Waals surface area (Å²) in [5, 5.41) is 4.97. The Labute approximate surface area is 171 Å². The van der Waals surface area contributed by atoms with Crippen LogP contribution in [0.15, 0.2) is 24.3 Å². The maximum atomic E-state index is 13.2. The van der Waals surface area contributed by atoms with E-state index in [9.17, 15) is 4.79 Å². The summed E-state index contributed by atoms with van der Waals surface area (Å²) in [5.41, 5.74) is 4.37. The van der Waals surface area contributed by atoms with Gasteiger partial charge in [-0.25, -0.2) is 4.98 Å². The summed E-state index contributed by atoms with van der Waals surface area (Å²) in [6.07, 6.45) is 3.26. The van der Waals surface area contributed by atoms with Crippen LogP contribution >= 0.6 is 11.3 Å². The van der Waals surface area contributed by atoms with Gasteiger partial charge in [-0.1, -0.05) is 39.0 Å². The van der Waals surface area contributed by atoms with Gasteiger partial charge in [0.1, 0.15) is 5.69 Å². The molecule has 1 amide bonds. The number of rotatable bonds is 3. The van der Waals surface area contributed by atoms with E-state index in [0.29, 0.717) is 11.3 Å². The molecule has 1 aliphatic rings. The topological polar surface area (TPSA) is 46.9 Å². The number of hydrogen-bond acceptors (Lipinski definition) is 3. The Bertz CT molecular complexity index is 1040. The highest BCUT2D eigenvalue weighted by molar-refractivity contribution is 7.15. The van der Waals surface area contributed by atoms with Crippen LogP contribution in [0.3, 0.4) is 0 Å². The van der Waals surface area contributed by atoms with Gasteiger partial charge in [-0.05, 0) is 56.1 Å². The Hall–Kier alpha value is -2.14. The van der Waals surface area contributed by atoms with Gasteiger partial charge in [0.15, 0.2) is 5.13 Å².